The first-order valence-corrected chi connectivity index (χ1v) is 10.2. The molecule has 1 heterocycles. The van der Waals surface area contributed by atoms with Crippen molar-refractivity contribution in [2.75, 3.05) is 23.4 Å². The fourth-order valence-corrected chi connectivity index (χ4v) is 3.43. The van der Waals surface area contributed by atoms with Gasteiger partial charge >= 0.3 is 0 Å². The minimum absolute atomic E-state index is 0.0481. The summed E-state index contributed by atoms with van der Waals surface area (Å²) in [5.74, 6) is 0.705. The SMILES string of the molecule is Cc1ccc(OCC(=O)Nc2ccc3c(c2)N(Cc2ccccc2Cl)C(=O)CO3)cc1. The highest BCUT2D eigenvalue weighted by atomic mass is 35.5. The van der Waals surface area contributed by atoms with Crippen molar-refractivity contribution in [3.8, 4) is 11.5 Å². The van der Waals surface area contributed by atoms with Gasteiger partial charge in [-0.1, -0.05) is 47.5 Å². The van der Waals surface area contributed by atoms with E-state index in [9.17, 15) is 9.59 Å². The number of aryl methyl sites for hydroxylation is 1. The molecule has 31 heavy (non-hydrogen) atoms. The molecule has 158 valence electrons. The molecular formula is C24H21ClN2O4. The Morgan fingerprint density at radius 3 is 2.68 bits per heavy atom. The second kappa shape index (κ2) is 9.10. The molecule has 6 nitrogen and oxygen atoms in total. The van der Waals surface area contributed by atoms with Crippen molar-refractivity contribution < 1.29 is 19.1 Å². The van der Waals surface area contributed by atoms with Gasteiger partial charge in [0.15, 0.2) is 13.2 Å². The third-order valence-electron chi connectivity index (χ3n) is 4.86. The zero-order chi connectivity index (χ0) is 21.8. The van der Waals surface area contributed by atoms with Gasteiger partial charge in [0.2, 0.25) is 0 Å². The summed E-state index contributed by atoms with van der Waals surface area (Å²) in [6, 6.07) is 20.0. The second-order valence-corrected chi connectivity index (χ2v) is 7.60. The molecule has 4 rings (SSSR count). The van der Waals surface area contributed by atoms with Gasteiger partial charge in [-0.05, 0) is 48.9 Å². The lowest BCUT2D eigenvalue weighted by Gasteiger charge is -2.30. The van der Waals surface area contributed by atoms with E-state index >= 15 is 0 Å². The number of anilines is 2. The average molecular weight is 437 g/mol. The van der Waals surface area contributed by atoms with Crippen LogP contribution in [0.15, 0.2) is 66.7 Å². The summed E-state index contributed by atoms with van der Waals surface area (Å²) in [7, 11) is 0. The molecule has 2 amide bonds. The molecule has 0 saturated carbocycles. The molecule has 0 spiro atoms. The van der Waals surface area contributed by atoms with Crippen LogP contribution in [0.3, 0.4) is 0 Å². The zero-order valence-electron chi connectivity index (χ0n) is 16.9. The van der Waals surface area contributed by atoms with Crippen molar-refractivity contribution in [1.82, 2.24) is 0 Å². The number of rotatable bonds is 6. The molecule has 0 unspecified atom stereocenters. The van der Waals surface area contributed by atoms with Gasteiger partial charge in [-0.25, -0.2) is 0 Å². The largest absolute Gasteiger partial charge is 0.484 e. The van der Waals surface area contributed by atoms with E-state index in [1.807, 2.05) is 49.4 Å². The second-order valence-electron chi connectivity index (χ2n) is 7.19. The third-order valence-corrected chi connectivity index (χ3v) is 5.23. The summed E-state index contributed by atoms with van der Waals surface area (Å²) in [5, 5.41) is 3.39. The monoisotopic (exact) mass is 436 g/mol. The first-order valence-electron chi connectivity index (χ1n) is 9.79. The van der Waals surface area contributed by atoms with E-state index in [1.165, 1.54) is 0 Å². The maximum Gasteiger partial charge on any atom is 0.265 e. The van der Waals surface area contributed by atoms with Gasteiger partial charge in [0.1, 0.15) is 11.5 Å². The van der Waals surface area contributed by atoms with E-state index in [0.717, 1.165) is 11.1 Å². The average Bonchev–Trinajstić information content (AvgIpc) is 2.77. The van der Waals surface area contributed by atoms with Gasteiger partial charge in [0, 0.05) is 10.7 Å². The van der Waals surface area contributed by atoms with Crippen molar-refractivity contribution >= 4 is 34.8 Å². The lowest BCUT2D eigenvalue weighted by atomic mass is 10.1. The minimum Gasteiger partial charge on any atom is -0.484 e. The topological polar surface area (TPSA) is 67.9 Å². The summed E-state index contributed by atoms with van der Waals surface area (Å²) in [6.07, 6.45) is 0. The van der Waals surface area contributed by atoms with E-state index in [4.69, 9.17) is 21.1 Å². The number of ether oxygens (including phenoxy) is 2. The summed E-state index contributed by atoms with van der Waals surface area (Å²) in [5.41, 5.74) is 3.06. The number of amides is 2. The Morgan fingerprint density at radius 1 is 1.13 bits per heavy atom. The highest BCUT2D eigenvalue weighted by Crippen LogP contribution is 2.36. The smallest absolute Gasteiger partial charge is 0.265 e. The maximum atomic E-state index is 12.5. The molecule has 0 atom stereocenters. The quantitative estimate of drug-likeness (QED) is 0.613. The summed E-state index contributed by atoms with van der Waals surface area (Å²) in [4.78, 5) is 26.5. The Bertz CT molecular complexity index is 1110. The van der Waals surface area contributed by atoms with Gasteiger partial charge in [-0.15, -0.1) is 0 Å². The number of carbonyl (C=O) groups is 2. The van der Waals surface area contributed by atoms with E-state index in [2.05, 4.69) is 5.32 Å². The van der Waals surface area contributed by atoms with E-state index in [-0.39, 0.29) is 25.0 Å². The number of nitrogens with one attached hydrogen (secondary N) is 1. The molecule has 1 N–H and O–H groups in total. The Labute approximate surface area is 185 Å². The third kappa shape index (κ3) is 4.98. The van der Waals surface area contributed by atoms with Gasteiger partial charge in [-0.2, -0.15) is 0 Å². The summed E-state index contributed by atoms with van der Waals surface area (Å²) < 4.78 is 11.1. The van der Waals surface area contributed by atoms with Crippen molar-refractivity contribution in [1.29, 1.82) is 0 Å². The van der Waals surface area contributed by atoms with Crippen molar-refractivity contribution in [2.24, 2.45) is 0 Å². The molecule has 0 aliphatic carbocycles. The van der Waals surface area contributed by atoms with Crippen LogP contribution in [0.1, 0.15) is 11.1 Å². The Kier molecular flexibility index (Phi) is 6.09. The van der Waals surface area contributed by atoms with E-state index in [1.54, 1.807) is 29.2 Å². The first kappa shape index (κ1) is 20.8. The first-order chi connectivity index (χ1) is 15.0. The molecule has 0 saturated heterocycles. The highest BCUT2D eigenvalue weighted by Gasteiger charge is 2.26. The number of hydrogen-bond donors (Lipinski definition) is 1. The molecule has 0 aromatic heterocycles. The molecule has 3 aromatic carbocycles. The van der Waals surface area contributed by atoms with Crippen LogP contribution in [0.5, 0.6) is 11.5 Å². The van der Waals surface area contributed by atoms with Crippen molar-refractivity contribution in [3.05, 3.63) is 82.9 Å². The zero-order valence-corrected chi connectivity index (χ0v) is 17.7. The molecule has 0 bridgehead atoms. The fourth-order valence-electron chi connectivity index (χ4n) is 3.23. The van der Waals surface area contributed by atoms with Gasteiger partial charge in [-0.3, -0.25) is 9.59 Å². The lowest BCUT2D eigenvalue weighted by molar-refractivity contribution is -0.121. The number of fused-ring (bicyclic) bond motifs is 1. The number of benzene rings is 3. The standard InChI is InChI=1S/C24H21ClN2O4/c1-16-6-9-19(10-7-16)30-14-23(28)26-18-8-11-22-21(12-18)27(24(29)15-31-22)13-17-4-2-3-5-20(17)25/h2-12H,13-15H2,1H3,(H,26,28). The van der Waals surface area contributed by atoms with Crippen molar-refractivity contribution in [2.45, 2.75) is 13.5 Å². The van der Waals surface area contributed by atoms with Crippen LogP contribution in [0, 0.1) is 6.92 Å². The Balaban J connectivity index is 1.47. The molecule has 0 fully saturated rings. The molecule has 1 aliphatic rings. The van der Waals surface area contributed by atoms with Crippen molar-refractivity contribution in [3.63, 3.8) is 0 Å². The van der Waals surface area contributed by atoms with Crippen LogP contribution in [0.4, 0.5) is 11.4 Å². The molecule has 7 heteroatoms. The number of carbonyl (C=O) groups excluding carboxylic acids is 2. The van der Waals surface area contributed by atoms with E-state index < -0.39 is 0 Å². The predicted octanol–water partition coefficient (Wildman–Crippen LogP) is 4.59. The van der Waals surface area contributed by atoms with Gasteiger partial charge in [0.25, 0.3) is 11.8 Å². The van der Waals surface area contributed by atoms with Crippen LogP contribution < -0.4 is 19.7 Å². The predicted molar refractivity (Wildman–Crippen MR) is 120 cm³/mol. The van der Waals surface area contributed by atoms with Crippen LogP contribution >= 0.6 is 11.6 Å². The summed E-state index contributed by atoms with van der Waals surface area (Å²) in [6.45, 7) is 2.12. The van der Waals surface area contributed by atoms with Crippen LogP contribution in [0.2, 0.25) is 5.02 Å². The van der Waals surface area contributed by atoms with Crippen LogP contribution in [0.25, 0.3) is 0 Å². The minimum atomic E-state index is -0.304. The Hall–Kier alpha value is -3.51. The van der Waals surface area contributed by atoms with Gasteiger partial charge in [0.05, 0.1) is 12.2 Å². The highest BCUT2D eigenvalue weighted by molar-refractivity contribution is 6.31. The molecule has 1 aliphatic heterocycles. The van der Waals surface area contributed by atoms with Crippen LogP contribution in [-0.4, -0.2) is 25.0 Å². The normalized spacial score (nSPS) is 12.7. The van der Waals surface area contributed by atoms with Gasteiger partial charge < -0.3 is 19.7 Å². The summed E-state index contributed by atoms with van der Waals surface area (Å²) >= 11 is 6.27. The molecule has 3 aromatic rings. The molecular weight excluding hydrogens is 416 g/mol. The Morgan fingerprint density at radius 2 is 1.90 bits per heavy atom. The lowest BCUT2D eigenvalue weighted by Crippen LogP contribution is -2.38. The number of nitrogens with zero attached hydrogens (tertiary/aromatic N) is 1. The van der Waals surface area contributed by atoms with Crippen LogP contribution in [-0.2, 0) is 16.1 Å². The molecule has 0 radical (unpaired) electrons. The number of hydrogen-bond acceptors (Lipinski definition) is 4. The number of halogens is 1. The van der Waals surface area contributed by atoms with E-state index in [0.29, 0.717) is 34.4 Å². The fraction of sp³-hybridized carbons (Fsp3) is 0.167. The maximum absolute atomic E-state index is 12.5.